The van der Waals surface area contributed by atoms with Gasteiger partial charge in [0.15, 0.2) is 0 Å². The van der Waals surface area contributed by atoms with E-state index in [9.17, 15) is 4.79 Å². The molecular weight excluding hydrogens is 370 g/mol. The molecule has 0 atom stereocenters. The van der Waals surface area contributed by atoms with Crippen LogP contribution in [0.2, 0.25) is 0 Å². The van der Waals surface area contributed by atoms with Crippen LogP contribution >= 0.6 is 11.3 Å². The Bertz CT molecular complexity index is 911. The van der Waals surface area contributed by atoms with Crippen LogP contribution in [0, 0.1) is 5.92 Å². The maximum absolute atomic E-state index is 12.6. The highest BCUT2D eigenvalue weighted by molar-refractivity contribution is 7.09. The number of hydrogen-bond acceptors (Lipinski definition) is 4. The number of carbonyl (C=O) groups is 1. The van der Waals surface area contributed by atoms with Gasteiger partial charge in [-0.05, 0) is 68.4 Å². The molecule has 0 radical (unpaired) electrons. The smallest absolute Gasteiger partial charge is 0.267 e. The van der Waals surface area contributed by atoms with Gasteiger partial charge in [-0.2, -0.15) is 0 Å². The van der Waals surface area contributed by atoms with Crippen molar-refractivity contribution in [2.45, 2.75) is 26.3 Å². The average molecular weight is 398 g/mol. The second kappa shape index (κ2) is 8.80. The van der Waals surface area contributed by atoms with Crippen LogP contribution in [-0.2, 0) is 6.54 Å². The number of aromatic amines is 1. The molecule has 1 aromatic carbocycles. The summed E-state index contributed by atoms with van der Waals surface area (Å²) < 4.78 is 5.53. The summed E-state index contributed by atoms with van der Waals surface area (Å²) in [5.41, 5.74) is 1.54. The van der Waals surface area contributed by atoms with Crippen LogP contribution in [0.25, 0.3) is 10.9 Å². The number of benzene rings is 1. The molecule has 0 saturated carbocycles. The van der Waals surface area contributed by atoms with E-state index in [1.807, 2.05) is 42.5 Å². The Balaban J connectivity index is 1.27. The number of amides is 1. The van der Waals surface area contributed by atoms with E-state index in [-0.39, 0.29) is 5.91 Å². The summed E-state index contributed by atoms with van der Waals surface area (Å²) in [5.74, 6) is 1.34. The number of likely N-dealkylation sites (tertiary alicyclic amines) is 1. The first-order valence-corrected chi connectivity index (χ1v) is 10.9. The fourth-order valence-corrected chi connectivity index (χ4v) is 4.53. The number of rotatable bonds is 7. The monoisotopic (exact) mass is 397 g/mol. The molecule has 3 heterocycles. The molecule has 1 saturated heterocycles. The number of piperidine rings is 1. The van der Waals surface area contributed by atoms with Crippen molar-refractivity contribution in [2.75, 3.05) is 26.2 Å². The van der Waals surface area contributed by atoms with Crippen LogP contribution in [0.4, 0.5) is 0 Å². The number of ether oxygens (including phenoxy) is 1. The normalized spacial score (nSPS) is 15.8. The first kappa shape index (κ1) is 19.0. The number of nitrogens with zero attached hydrogens (tertiary/aromatic N) is 1. The van der Waals surface area contributed by atoms with E-state index in [0.717, 1.165) is 55.7 Å². The van der Waals surface area contributed by atoms with Gasteiger partial charge in [-0.3, -0.25) is 9.69 Å². The van der Waals surface area contributed by atoms with Crippen LogP contribution in [-0.4, -0.2) is 42.0 Å². The van der Waals surface area contributed by atoms with E-state index < -0.39 is 0 Å². The quantitative estimate of drug-likeness (QED) is 0.626. The molecule has 1 fully saturated rings. The summed E-state index contributed by atoms with van der Waals surface area (Å²) in [4.78, 5) is 19.7. The second-order valence-electron chi connectivity index (χ2n) is 7.37. The fraction of sp³-hybridized carbons (Fsp3) is 0.409. The summed E-state index contributed by atoms with van der Waals surface area (Å²) in [6, 6.07) is 12.1. The molecule has 148 valence electrons. The Kier molecular flexibility index (Phi) is 5.98. The van der Waals surface area contributed by atoms with Gasteiger partial charge < -0.3 is 15.0 Å². The van der Waals surface area contributed by atoms with Gasteiger partial charge in [0, 0.05) is 34.9 Å². The number of fused-ring (bicyclic) bond motifs is 1. The van der Waals surface area contributed by atoms with Crippen molar-refractivity contribution in [2.24, 2.45) is 5.92 Å². The molecule has 1 aliphatic heterocycles. The third kappa shape index (κ3) is 4.56. The zero-order valence-corrected chi connectivity index (χ0v) is 17.1. The number of carbonyl (C=O) groups excluding carboxylic acids is 1. The topological polar surface area (TPSA) is 57.4 Å². The first-order valence-electron chi connectivity index (χ1n) is 10.00. The number of aromatic nitrogens is 1. The summed E-state index contributed by atoms with van der Waals surface area (Å²) in [6.07, 6.45) is 2.27. The summed E-state index contributed by atoms with van der Waals surface area (Å²) in [7, 11) is 0. The Morgan fingerprint density at radius 2 is 2.14 bits per heavy atom. The highest BCUT2D eigenvalue weighted by atomic mass is 32.1. The molecular formula is C22H27N3O2S. The number of hydrogen-bond donors (Lipinski definition) is 2. The zero-order valence-electron chi connectivity index (χ0n) is 16.2. The van der Waals surface area contributed by atoms with Crippen LogP contribution in [0.1, 0.15) is 35.1 Å². The third-order valence-corrected chi connectivity index (χ3v) is 6.23. The average Bonchev–Trinajstić information content (AvgIpc) is 3.37. The van der Waals surface area contributed by atoms with Crippen LogP contribution < -0.4 is 10.1 Å². The van der Waals surface area contributed by atoms with Crippen molar-refractivity contribution in [3.05, 3.63) is 52.3 Å². The minimum atomic E-state index is -0.0322. The lowest BCUT2D eigenvalue weighted by molar-refractivity contribution is 0.0931. The van der Waals surface area contributed by atoms with E-state index in [4.69, 9.17) is 4.74 Å². The van der Waals surface area contributed by atoms with E-state index in [2.05, 4.69) is 32.7 Å². The third-order valence-electron chi connectivity index (χ3n) is 5.37. The van der Waals surface area contributed by atoms with Gasteiger partial charge in [-0.15, -0.1) is 11.3 Å². The maximum Gasteiger partial charge on any atom is 0.267 e. The second-order valence-corrected chi connectivity index (χ2v) is 8.41. The Morgan fingerprint density at radius 3 is 2.89 bits per heavy atom. The highest BCUT2D eigenvalue weighted by Crippen LogP contribution is 2.22. The van der Waals surface area contributed by atoms with E-state index in [1.165, 1.54) is 4.88 Å². The van der Waals surface area contributed by atoms with Gasteiger partial charge >= 0.3 is 0 Å². The lowest BCUT2D eigenvalue weighted by Crippen LogP contribution is -2.38. The SMILES string of the molecule is CCOc1ccc2cc(C(=O)NCC3CCN(Cc4cccs4)CC3)[nH]c2c1. The van der Waals surface area contributed by atoms with Gasteiger partial charge in [0.2, 0.25) is 0 Å². The van der Waals surface area contributed by atoms with Crippen LogP contribution in [0.5, 0.6) is 5.75 Å². The highest BCUT2D eigenvalue weighted by Gasteiger charge is 2.20. The molecule has 0 spiro atoms. The molecule has 28 heavy (non-hydrogen) atoms. The van der Waals surface area contributed by atoms with Gasteiger partial charge in [0.1, 0.15) is 11.4 Å². The van der Waals surface area contributed by atoms with Crippen molar-refractivity contribution < 1.29 is 9.53 Å². The lowest BCUT2D eigenvalue weighted by atomic mass is 9.96. The zero-order chi connectivity index (χ0) is 19.3. The van der Waals surface area contributed by atoms with Gasteiger partial charge in [-0.25, -0.2) is 0 Å². The Labute approximate surface area is 169 Å². The lowest BCUT2D eigenvalue weighted by Gasteiger charge is -2.31. The largest absolute Gasteiger partial charge is 0.494 e. The molecule has 5 nitrogen and oxygen atoms in total. The molecule has 6 heteroatoms. The Hall–Kier alpha value is -2.31. The van der Waals surface area contributed by atoms with E-state index in [0.29, 0.717) is 18.2 Å². The summed E-state index contributed by atoms with van der Waals surface area (Å²) >= 11 is 1.82. The van der Waals surface area contributed by atoms with Crippen molar-refractivity contribution in [3.8, 4) is 5.75 Å². The van der Waals surface area contributed by atoms with Crippen LogP contribution in [0.3, 0.4) is 0 Å². The van der Waals surface area contributed by atoms with Gasteiger partial charge in [0.25, 0.3) is 5.91 Å². The number of thiophene rings is 1. The molecule has 1 aliphatic rings. The molecule has 1 amide bonds. The maximum atomic E-state index is 12.6. The van der Waals surface area contributed by atoms with Crippen molar-refractivity contribution in [1.82, 2.24) is 15.2 Å². The predicted molar refractivity (Wildman–Crippen MR) is 114 cm³/mol. The van der Waals surface area contributed by atoms with Gasteiger partial charge in [-0.1, -0.05) is 6.07 Å². The molecule has 0 aliphatic carbocycles. The summed E-state index contributed by atoms with van der Waals surface area (Å²) in [6.45, 7) is 6.59. The fourth-order valence-electron chi connectivity index (χ4n) is 3.79. The number of H-pyrrole nitrogens is 1. The number of nitrogens with one attached hydrogen (secondary N) is 2. The minimum absolute atomic E-state index is 0.0322. The predicted octanol–water partition coefficient (Wildman–Crippen LogP) is 4.27. The molecule has 2 aromatic heterocycles. The van der Waals surface area contributed by atoms with E-state index >= 15 is 0 Å². The molecule has 3 aromatic rings. The van der Waals surface area contributed by atoms with Gasteiger partial charge in [0.05, 0.1) is 6.61 Å². The molecule has 2 N–H and O–H groups in total. The standard InChI is InChI=1S/C22H27N3O2S/c1-2-27-18-6-5-17-12-21(24-20(17)13-18)22(26)23-14-16-7-9-25(10-8-16)15-19-4-3-11-28-19/h3-6,11-13,16,24H,2,7-10,14-15H2,1H3,(H,23,26). The van der Waals surface area contributed by atoms with E-state index in [1.54, 1.807) is 0 Å². The summed E-state index contributed by atoms with van der Waals surface area (Å²) in [5, 5.41) is 6.27. The molecule has 0 unspecified atom stereocenters. The Morgan fingerprint density at radius 1 is 1.29 bits per heavy atom. The molecule has 4 rings (SSSR count). The van der Waals surface area contributed by atoms with Crippen molar-refractivity contribution in [1.29, 1.82) is 0 Å². The van der Waals surface area contributed by atoms with Crippen molar-refractivity contribution in [3.63, 3.8) is 0 Å². The van der Waals surface area contributed by atoms with Crippen molar-refractivity contribution >= 4 is 28.1 Å². The first-order chi connectivity index (χ1) is 13.7. The van der Waals surface area contributed by atoms with Crippen LogP contribution in [0.15, 0.2) is 41.8 Å². The molecule has 0 bridgehead atoms. The minimum Gasteiger partial charge on any atom is -0.494 e.